The van der Waals surface area contributed by atoms with Crippen LogP contribution < -0.4 is 10.6 Å². The van der Waals surface area contributed by atoms with Crippen molar-refractivity contribution in [2.75, 3.05) is 46.9 Å². The standard InChI is InChI=1S/C12H25N3O2/c1-15(11-4-7-13-8-5-11)10-12(16)14-6-3-9-17-2/h11,13H,3-10H2,1-2H3,(H,14,16). The molecule has 0 aromatic heterocycles. The highest BCUT2D eigenvalue weighted by Gasteiger charge is 2.19. The number of nitrogens with zero attached hydrogens (tertiary/aromatic N) is 1. The smallest absolute Gasteiger partial charge is 0.234 e. The van der Waals surface area contributed by atoms with E-state index in [-0.39, 0.29) is 5.91 Å². The molecule has 0 saturated carbocycles. The van der Waals surface area contributed by atoms with Crippen LogP contribution >= 0.6 is 0 Å². The Hall–Kier alpha value is -0.650. The molecule has 1 aliphatic heterocycles. The van der Waals surface area contributed by atoms with E-state index < -0.39 is 0 Å². The van der Waals surface area contributed by atoms with E-state index in [0.29, 0.717) is 25.7 Å². The van der Waals surface area contributed by atoms with Crippen molar-refractivity contribution in [1.82, 2.24) is 15.5 Å². The third kappa shape index (κ3) is 6.00. The summed E-state index contributed by atoms with van der Waals surface area (Å²) in [7, 11) is 3.71. The molecule has 0 radical (unpaired) electrons. The fraction of sp³-hybridized carbons (Fsp3) is 0.917. The largest absolute Gasteiger partial charge is 0.385 e. The first-order valence-electron chi connectivity index (χ1n) is 6.40. The molecule has 100 valence electrons. The van der Waals surface area contributed by atoms with Crippen LogP contribution in [0.3, 0.4) is 0 Å². The lowest BCUT2D eigenvalue weighted by Gasteiger charge is -2.31. The molecule has 0 bridgehead atoms. The summed E-state index contributed by atoms with van der Waals surface area (Å²) in [6, 6.07) is 0.543. The van der Waals surface area contributed by atoms with Crippen molar-refractivity contribution in [2.24, 2.45) is 0 Å². The lowest BCUT2D eigenvalue weighted by Crippen LogP contribution is -2.45. The topological polar surface area (TPSA) is 53.6 Å². The Morgan fingerprint density at radius 2 is 2.18 bits per heavy atom. The van der Waals surface area contributed by atoms with E-state index in [9.17, 15) is 4.79 Å². The first-order chi connectivity index (χ1) is 8.24. The second kappa shape index (κ2) is 8.44. The molecule has 0 spiro atoms. The van der Waals surface area contributed by atoms with Crippen LogP contribution in [0.5, 0.6) is 0 Å². The maximum atomic E-state index is 11.7. The third-order valence-electron chi connectivity index (χ3n) is 3.17. The number of ether oxygens (including phenoxy) is 1. The number of carbonyl (C=O) groups is 1. The second-order valence-corrected chi connectivity index (χ2v) is 4.59. The van der Waals surface area contributed by atoms with E-state index in [1.54, 1.807) is 7.11 Å². The van der Waals surface area contributed by atoms with Crippen molar-refractivity contribution < 1.29 is 9.53 Å². The molecule has 0 aliphatic carbocycles. The molecule has 0 aromatic rings. The van der Waals surface area contributed by atoms with Crippen LogP contribution in [0.15, 0.2) is 0 Å². The molecule has 5 heteroatoms. The summed E-state index contributed by atoms with van der Waals surface area (Å²) in [5, 5.41) is 6.24. The summed E-state index contributed by atoms with van der Waals surface area (Å²) < 4.78 is 4.93. The summed E-state index contributed by atoms with van der Waals surface area (Å²) in [5.74, 6) is 0.113. The highest BCUT2D eigenvalue weighted by molar-refractivity contribution is 5.77. The number of nitrogens with one attached hydrogen (secondary N) is 2. The van der Waals surface area contributed by atoms with Crippen LogP contribution in [0.1, 0.15) is 19.3 Å². The molecule has 1 fully saturated rings. The van der Waals surface area contributed by atoms with E-state index >= 15 is 0 Å². The Labute approximate surface area is 104 Å². The molecular formula is C12H25N3O2. The average molecular weight is 243 g/mol. The number of amides is 1. The zero-order valence-electron chi connectivity index (χ0n) is 11.0. The van der Waals surface area contributed by atoms with Gasteiger partial charge in [-0.15, -0.1) is 0 Å². The van der Waals surface area contributed by atoms with E-state index in [1.165, 1.54) is 0 Å². The highest BCUT2D eigenvalue weighted by atomic mass is 16.5. The molecule has 0 unspecified atom stereocenters. The molecule has 1 saturated heterocycles. The van der Waals surface area contributed by atoms with Gasteiger partial charge in [-0.1, -0.05) is 0 Å². The van der Waals surface area contributed by atoms with Crippen molar-refractivity contribution in [1.29, 1.82) is 0 Å². The van der Waals surface area contributed by atoms with Crippen molar-refractivity contribution >= 4 is 5.91 Å². The fourth-order valence-corrected chi connectivity index (χ4v) is 2.10. The zero-order chi connectivity index (χ0) is 12.5. The molecule has 0 aromatic carbocycles. The van der Waals surface area contributed by atoms with Gasteiger partial charge in [0.05, 0.1) is 6.54 Å². The van der Waals surface area contributed by atoms with Gasteiger partial charge in [0.2, 0.25) is 5.91 Å². The van der Waals surface area contributed by atoms with Crippen LogP contribution in [-0.4, -0.2) is 63.8 Å². The van der Waals surface area contributed by atoms with Crippen LogP contribution in [0.4, 0.5) is 0 Å². The van der Waals surface area contributed by atoms with E-state index in [2.05, 4.69) is 15.5 Å². The Morgan fingerprint density at radius 1 is 1.47 bits per heavy atom. The summed E-state index contributed by atoms with van der Waals surface area (Å²) in [4.78, 5) is 13.8. The van der Waals surface area contributed by atoms with Crippen molar-refractivity contribution in [3.8, 4) is 0 Å². The quantitative estimate of drug-likeness (QED) is 0.609. The Balaban J connectivity index is 2.11. The van der Waals surface area contributed by atoms with Gasteiger partial charge < -0.3 is 15.4 Å². The molecule has 17 heavy (non-hydrogen) atoms. The van der Waals surface area contributed by atoms with Gasteiger partial charge in [-0.05, 0) is 39.4 Å². The molecule has 0 atom stereocenters. The van der Waals surface area contributed by atoms with Crippen LogP contribution in [0.25, 0.3) is 0 Å². The summed E-state index contributed by atoms with van der Waals surface area (Å²) in [6.45, 7) is 4.02. The van der Waals surface area contributed by atoms with Crippen LogP contribution in [0.2, 0.25) is 0 Å². The molecular weight excluding hydrogens is 218 g/mol. The zero-order valence-corrected chi connectivity index (χ0v) is 11.0. The minimum absolute atomic E-state index is 0.113. The highest BCUT2D eigenvalue weighted by Crippen LogP contribution is 2.08. The predicted molar refractivity (Wildman–Crippen MR) is 68.0 cm³/mol. The summed E-state index contributed by atoms with van der Waals surface area (Å²) in [6.07, 6.45) is 3.14. The SMILES string of the molecule is COCCCNC(=O)CN(C)C1CCNCC1. The van der Waals surface area contributed by atoms with Crippen molar-refractivity contribution in [2.45, 2.75) is 25.3 Å². The number of rotatable bonds is 7. The number of hydrogen-bond donors (Lipinski definition) is 2. The number of carbonyl (C=O) groups excluding carboxylic acids is 1. The van der Waals surface area contributed by atoms with Gasteiger partial charge >= 0.3 is 0 Å². The number of likely N-dealkylation sites (N-methyl/N-ethyl adjacent to an activating group) is 1. The van der Waals surface area contributed by atoms with Gasteiger partial charge in [0.25, 0.3) is 0 Å². The maximum absolute atomic E-state index is 11.7. The second-order valence-electron chi connectivity index (χ2n) is 4.59. The minimum atomic E-state index is 0.113. The van der Waals surface area contributed by atoms with Crippen molar-refractivity contribution in [3.63, 3.8) is 0 Å². The Kier molecular flexibility index (Phi) is 7.16. The first-order valence-corrected chi connectivity index (χ1v) is 6.40. The lowest BCUT2D eigenvalue weighted by molar-refractivity contribution is -0.122. The van der Waals surface area contributed by atoms with Gasteiger partial charge in [-0.25, -0.2) is 0 Å². The Bertz CT molecular complexity index is 218. The number of piperidine rings is 1. The maximum Gasteiger partial charge on any atom is 0.234 e. The molecule has 2 N–H and O–H groups in total. The monoisotopic (exact) mass is 243 g/mol. The molecule has 1 aliphatic rings. The van der Waals surface area contributed by atoms with Gasteiger partial charge in [-0.2, -0.15) is 0 Å². The lowest BCUT2D eigenvalue weighted by atomic mass is 10.1. The summed E-state index contributed by atoms with van der Waals surface area (Å²) >= 11 is 0. The van der Waals surface area contributed by atoms with E-state index in [1.807, 2.05) is 7.05 Å². The van der Waals surface area contributed by atoms with E-state index in [4.69, 9.17) is 4.74 Å². The van der Waals surface area contributed by atoms with Gasteiger partial charge in [0.1, 0.15) is 0 Å². The molecule has 1 amide bonds. The predicted octanol–water partition coefficient (Wildman–Crippen LogP) is -0.177. The van der Waals surface area contributed by atoms with Gasteiger partial charge in [0.15, 0.2) is 0 Å². The number of methoxy groups -OCH3 is 1. The van der Waals surface area contributed by atoms with Crippen LogP contribution in [-0.2, 0) is 9.53 Å². The fourth-order valence-electron chi connectivity index (χ4n) is 2.10. The third-order valence-corrected chi connectivity index (χ3v) is 3.17. The Morgan fingerprint density at radius 3 is 2.82 bits per heavy atom. The minimum Gasteiger partial charge on any atom is -0.385 e. The number of hydrogen-bond acceptors (Lipinski definition) is 4. The van der Waals surface area contributed by atoms with Gasteiger partial charge in [-0.3, -0.25) is 9.69 Å². The van der Waals surface area contributed by atoms with Crippen LogP contribution in [0, 0.1) is 0 Å². The molecule has 1 heterocycles. The van der Waals surface area contributed by atoms with Gasteiger partial charge in [0, 0.05) is 26.3 Å². The van der Waals surface area contributed by atoms with Crippen molar-refractivity contribution in [3.05, 3.63) is 0 Å². The van der Waals surface area contributed by atoms with E-state index in [0.717, 1.165) is 32.4 Å². The molecule has 5 nitrogen and oxygen atoms in total. The first kappa shape index (κ1) is 14.4. The summed E-state index contributed by atoms with van der Waals surface area (Å²) in [5.41, 5.74) is 0. The normalized spacial score (nSPS) is 17.4. The molecule has 1 rings (SSSR count). The average Bonchev–Trinajstić information content (AvgIpc) is 2.36.